The lowest BCUT2D eigenvalue weighted by molar-refractivity contribution is 0.277. The van der Waals surface area contributed by atoms with Crippen molar-refractivity contribution >= 4 is 11.8 Å². The molecule has 0 amide bonds. The van der Waals surface area contributed by atoms with Gasteiger partial charge in [-0.05, 0) is 29.3 Å². The second-order valence-corrected chi connectivity index (χ2v) is 4.98. The van der Waals surface area contributed by atoms with Gasteiger partial charge in [-0.1, -0.05) is 30.0 Å². The predicted octanol–water partition coefficient (Wildman–Crippen LogP) is 3.10. The summed E-state index contributed by atoms with van der Waals surface area (Å²) in [5.41, 5.74) is 1.01. The van der Waals surface area contributed by atoms with Crippen LogP contribution in [0.1, 0.15) is 11.1 Å². The molecule has 0 saturated carbocycles. The number of rotatable bonds is 4. The van der Waals surface area contributed by atoms with Crippen LogP contribution < -0.4 is 0 Å². The summed E-state index contributed by atoms with van der Waals surface area (Å²) in [6, 6.07) is 9.15. The quantitative estimate of drug-likeness (QED) is 0.905. The molecule has 0 spiro atoms. The van der Waals surface area contributed by atoms with Crippen molar-refractivity contribution in [3.8, 4) is 0 Å². The molecule has 19 heavy (non-hydrogen) atoms. The second-order valence-electron chi connectivity index (χ2n) is 3.90. The molecule has 2 N–H and O–H groups in total. The first-order valence-corrected chi connectivity index (χ1v) is 6.42. The molecule has 2 aromatic carbocycles. The monoisotopic (exact) mass is 282 g/mol. The number of hydrogen-bond donors (Lipinski definition) is 2. The molecule has 100 valence electrons. The molecule has 0 aromatic heterocycles. The number of halogens is 2. The van der Waals surface area contributed by atoms with Crippen molar-refractivity contribution in [3.63, 3.8) is 0 Å². The molecule has 0 aliphatic heterocycles. The summed E-state index contributed by atoms with van der Waals surface area (Å²) in [4.78, 5) is 1.17. The number of hydrogen-bond acceptors (Lipinski definition) is 3. The van der Waals surface area contributed by atoms with Gasteiger partial charge in [0.05, 0.1) is 13.2 Å². The molecule has 0 bridgehead atoms. The van der Waals surface area contributed by atoms with Crippen LogP contribution in [-0.2, 0) is 13.2 Å². The Morgan fingerprint density at radius 3 is 2.16 bits per heavy atom. The van der Waals surface area contributed by atoms with Crippen LogP contribution in [0.25, 0.3) is 0 Å². The maximum atomic E-state index is 13.3. The average Bonchev–Trinajstić information content (AvgIpc) is 2.43. The normalized spacial score (nSPS) is 10.7. The van der Waals surface area contributed by atoms with Gasteiger partial charge in [0.25, 0.3) is 0 Å². The summed E-state index contributed by atoms with van der Waals surface area (Å²) in [6.45, 7) is -0.512. The van der Waals surface area contributed by atoms with Crippen LogP contribution in [0.3, 0.4) is 0 Å². The largest absolute Gasteiger partial charge is 0.392 e. The van der Waals surface area contributed by atoms with Crippen molar-refractivity contribution in [3.05, 3.63) is 59.2 Å². The lowest BCUT2D eigenvalue weighted by Crippen LogP contribution is -1.94. The third-order valence-electron chi connectivity index (χ3n) is 2.64. The van der Waals surface area contributed by atoms with Gasteiger partial charge in [0.1, 0.15) is 0 Å². The Balaban J connectivity index is 2.40. The van der Waals surface area contributed by atoms with E-state index < -0.39 is 11.6 Å². The zero-order valence-corrected chi connectivity index (χ0v) is 10.8. The first kappa shape index (κ1) is 14.0. The van der Waals surface area contributed by atoms with Gasteiger partial charge >= 0.3 is 0 Å². The lowest BCUT2D eigenvalue weighted by atomic mass is 10.2. The van der Waals surface area contributed by atoms with E-state index in [-0.39, 0.29) is 13.2 Å². The molecule has 0 aliphatic rings. The van der Waals surface area contributed by atoms with Gasteiger partial charge in [0.2, 0.25) is 0 Å². The number of aliphatic hydroxyl groups excluding tert-OH is 2. The molecule has 0 heterocycles. The zero-order valence-electron chi connectivity index (χ0n) is 9.94. The third-order valence-corrected chi connectivity index (χ3v) is 3.85. The van der Waals surface area contributed by atoms with Crippen molar-refractivity contribution in [1.29, 1.82) is 0 Å². The minimum Gasteiger partial charge on any atom is -0.392 e. The fourth-order valence-electron chi connectivity index (χ4n) is 1.64. The first-order chi connectivity index (χ1) is 9.15. The van der Waals surface area contributed by atoms with E-state index in [1.54, 1.807) is 24.3 Å². The van der Waals surface area contributed by atoms with E-state index in [1.807, 2.05) is 0 Å². The van der Waals surface area contributed by atoms with Crippen molar-refractivity contribution < 1.29 is 19.0 Å². The highest BCUT2D eigenvalue weighted by molar-refractivity contribution is 7.99. The summed E-state index contributed by atoms with van der Waals surface area (Å²) in [7, 11) is 0. The Kier molecular flexibility index (Phi) is 4.52. The molecule has 2 rings (SSSR count). The molecular formula is C14H12F2O2S. The van der Waals surface area contributed by atoms with Crippen molar-refractivity contribution in [1.82, 2.24) is 0 Å². The van der Waals surface area contributed by atoms with Crippen molar-refractivity contribution in [2.24, 2.45) is 0 Å². The Morgan fingerprint density at radius 1 is 0.842 bits per heavy atom. The molecule has 0 radical (unpaired) electrons. The van der Waals surface area contributed by atoms with E-state index >= 15 is 0 Å². The van der Waals surface area contributed by atoms with Gasteiger partial charge < -0.3 is 10.2 Å². The minimum atomic E-state index is -0.983. The Hall–Kier alpha value is -1.43. The maximum Gasteiger partial charge on any atom is 0.159 e. The standard InChI is InChI=1S/C14H12F2O2S/c15-11-5-10(8-18)14(6-12(11)16)19-13-4-2-1-3-9(13)7-17/h1-6,17-18H,7-8H2. The van der Waals surface area contributed by atoms with Gasteiger partial charge in [-0.2, -0.15) is 0 Å². The first-order valence-electron chi connectivity index (χ1n) is 5.61. The summed E-state index contributed by atoms with van der Waals surface area (Å²) in [5, 5.41) is 18.4. The molecule has 0 saturated heterocycles. The average molecular weight is 282 g/mol. The van der Waals surface area contributed by atoms with Crippen LogP contribution >= 0.6 is 11.8 Å². The van der Waals surface area contributed by atoms with Crippen LogP contribution in [0.5, 0.6) is 0 Å². The molecule has 0 aliphatic carbocycles. The fourth-order valence-corrected chi connectivity index (χ4v) is 2.71. The van der Waals surface area contributed by atoms with Gasteiger partial charge in [-0.15, -0.1) is 0 Å². The molecule has 0 unspecified atom stereocenters. The topological polar surface area (TPSA) is 40.5 Å². The van der Waals surface area contributed by atoms with Crippen LogP contribution in [0.15, 0.2) is 46.2 Å². The Bertz CT molecular complexity index is 588. The molecule has 2 aromatic rings. The predicted molar refractivity (Wildman–Crippen MR) is 68.8 cm³/mol. The van der Waals surface area contributed by atoms with E-state index in [0.717, 1.165) is 17.0 Å². The van der Waals surface area contributed by atoms with E-state index in [0.29, 0.717) is 16.0 Å². The van der Waals surface area contributed by atoms with Gasteiger partial charge in [-0.3, -0.25) is 0 Å². The number of aliphatic hydroxyl groups is 2. The molecule has 0 fully saturated rings. The van der Waals surface area contributed by atoms with E-state index in [1.165, 1.54) is 11.8 Å². The van der Waals surface area contributed by atoms with Crippen molar-refractivity contribution in [2.75, 3.05) is 0 Å². The van der Waals surface area contributed by atoms with E-state index in [9.17, 15) is 19.0 Å². The summed E-state index contributed by atoms with van der Waals surface area (Å²) >= 11 is 1.19. The summed E-state index contributed by atoms with van der Waals surface area (Å²) < 4.78 is 26.4. The molecule has 5 heteroatoms. The minimum absolute atomic E-state index is 0.138. The van der Waals surface area contributed by atoms with Gasteiger partial charge in [-0.25, -0.2) is 8.78 Å². The molecular weight excluding hydrogens is 270 g/mol. The van der Waals surface area contributed by atoms with Crippen molar-refractivity contribution in [2.45, 2.75) is 23.0 Å². The zero-order chi connectivity index (χ0) is 13.8. The Labute approximate surface area is 113 Å². The summed E-state index contributed by atoms with van der Waals surface area (Å²) in [6.07, 6.45) is 0. The van der Waals surface area contributed by atoms with Crippen LogP contribution in [-0.4, -0.2) is 10.2 Å². The third kappa shape index (κ3) is 3.12. The molecule has 2 nitrogen and oxygen atoms in total. The van der Waals surface area contributed by atoms with Gasteiger partial charge in [0, 0.05) is 9.79 Å². The SMILES string of the molecule is OCc1ccccc1Sc1cc(F)c(F)cc1CO. The number of benzene rings is 2. The fraction of sp³-hybridized carbons (Fsp3) is 0.143. The van der Waals surface area contributed by atoms with E-state index in [2.05, 4.69) is 0 Å². The second kappa shape index (κ2) is 6.14. The highest BCUT2D eigenvalue weighted by Gasteiger charge is 2.12. The Morgan fingerprint density at radius 2 is 1.47 bits per heavy atom. The highest BCUT2D eigenvalue weighted by Crippen LogP contribution is 2.34. The van der Waals surface area contributed by atoms with Crippen LogP contribution in [0.4, 0.5) is 8.78 Å². The smallest absolute Gasteiger partial charge is 0.159 e. The molecule has 0 atom stereocenters. The van der Waals surface area contributed by atoms with Crippen LogP contribution in [0, 0.1) is 11.6 Å². The van der Waals surface area contributed by atoms with E-state index in [4.69, 9.17) is 0 Å². The lowest BCUT2D eigenvalue weighted by Gasteiger charge is -2.10. The summed E-state index contributed by atoms with van der Waals surface area (Å²) in [5.74, 6) is -1.94. The maximum absolute atomic E-state index is 13.3. The van der Waals surface area contributed by atoms with Crippen LogP contribution in [0.2, 0.25) is 0 Å². The van der Waals surface area contributed by atoms with Gasteiger partial charge in [0.15, 0.2) is 11.6 Å². The highest BCUT2D eigenvalue weighted by atomic mass is 32.2.